The number of ether oxygens (including phenoxy) is 1. The average Bonchev–Trinajstić information content (AvgIpc) is 2.52. The molecule has 7 heteroatoms. The summed E-state index contributed by atoms with van der Waals surface area (Å²) in [6, 6.07) is 6.12. The Morgan fingerprint density at radius 3 is 2.50 bits per heavy atom. The van der Waals surface area contributed by atoms with Gasteiger partial charge in [0.05, 0.1) is 20.1 Å². The van der Waals surface area contributed by atoms with E-state index in [1.54, 1.807) is 31.4 Å². The highest BCUT2D eigenvalue weighted by Gasteiger charge is 2.21. The Morgan fingerprint density at radius 2 is 1.92 bits per heavy atom. The van der Waals surface area contributed by atoms with Crippen molar-refractivity contribution in [1.29, 1.82) is 0 Å². The average molecular weight is 336 g/mol. The highest BCUT2D eigenvalue weighted by Crippen LogP contribution is 2.12. The SMILES string of the molecule is COc1cccc(CC(=O)NCC(=O)N[C@@H](CC(C)C)C(=O)O)c1. The number of carbonyl (C=O) groups excluding carboxylic acids is 2. The van der Waals surface area contributed by atoms with Gasteiger partial charge in [0.1, 0.15) is 11.8 Å². The van der Waals surface area contributed by atoms with Crippen LogP contribution < -0.4 is 15.4 Å². The first-order valence-corrected chi connectivity index (χ1v) is 7.73. The van der Waals surface area contributed by atoms with Crippen molar-refractivity contribution in [2.45, 2.75) is 32.7 Å². The second-order valence-electron chi connectivity index (χ2n) is 5.89. The summed E-state index contributed by atoms with van der Waals surface area (Å²) in [7, 11) is 1.54. The Balaban J connectivity index is 2.45. The monoisotopic (exact) mass is 336 g/mol. The van der Waals surface area contributed by atoms with Gasteiger partial charge in [0.15, 0.2) is 0 Å². The van der Waals surface area contributed by atoms with Crippen LogP contribution >= 0.6 is 0 Å². The molecule has 2 amide bonds. The van der Waals surface area contributed by atoms with Crippen LogP contribution in [-0.2, 0) is 20.8 Å². The van der Waals surface area contributed by atoms with Gasteiger partial charge >= 0.3 is 5.97 Å². The minimum atomic E-state index is -1.08. The van der Waals surface area contributed by atoms with E-state index in [2.05, 4.69) is 10.6 Å². The molecule has 0 spiro atoms. The molecule has 0 unspecified atom stereocenters. The third-order valence-electron chi connectivity index (χ3n) is 3.29. The zero-order chi connectivity index (χ0) is 18.1. The van der Waals surface area contributed by atoms with Gasteiger partial charge in [0, 0.05) is 0 Å². The lowest BCUT2D eigenvalue weighted by molar-refractivity contribution is -0.142. The summed E-state index contributed by atoms with van der Waals surface area (Å²) in [5.74, 6) is -1.15. The second-order valence-corrected chi connectivity index (χ2v) is 5.89. The van der Waals surface area contributed by atoms with Crippen LogP contribution in [0.5, 0.6) is 5.75 Å². The number of rotatable bonds is 9. The van der Waals surface area contributed by atoms with Crippen LogP contribution in [0.25, 0.3) is 0 Å². The minimum absolute atomic E-state index is 0.110. The highest BCUT2D eigenvalue weighted by molar-refractivity contribution is 5.88. The van der Waals surface area contributed by atoms with Crippen LogP contribution in [0.1, 0.15) is 25.8 Å². The van der Waals surface area contributed by atoms with Crippen molar-refractivity contribution in [2.75, 3.05) is 13.7 Å². The van der Waals surface area contributed by atoms with Crippen molar-refractivity contribution >= 4 is 17.8 Å². The van der Waals surface area contributed by atoms with Crippen molar-refractivity contribution in [2.24, 2.45) is 5.92 Å². The van der Waals surface area contributed by atoms with Crippen molar-refractivity contribution in [1.82, 2.24) is 10.6 Å². The number of carboxylic acid groups (broad SMARTS) is 1. The Labute approximate surface area is 141 Å². The third-order valence-corrected chi connectivity index (χ3v) is 3.29. The number of hydrogen-bond acceptors (Lipinski definition) is 4. The van der Waals surface area contributed by atoms with E-state index in [4.69, 9.17) is 9.84 Å². The summed E-state index contributed by atoms with van der Waals surface area (Å²) < 4.78 is 5.08. The van der Waals surface area contributed by atoms with Crippen LogP contribution in [0.3, 0.4) is 0 Å². The molecule has 0 aromatic heterocycles. The highest BCUT2D eigenvalue weighted by atomic mass is 16.5. The van der Waals surface area contributed by atoms with Gasteiger partial charge in [-0.1, -0.05) is 26.0 Å². The molecule has 1 atom stereocenters. The van der Waals surface area contributed by atoms with E-state index in [-0.39, 0.29) is 24.8 Å². The molecule has 0 radical (unpaired) electrons. The Hall–Kier alpha value is -2.57. The maximum Gasteiger partial charge on any atom is 0.326 e. The Bertz CT molecular complexity index is 586. The number of hydrogen-bond donors (Lipinski definition) is 3. The van der Waals surface area contributed by atoms with E-state index in [0.29, 0.717) is 12.2 Å². The lowest BCUT2D eigenvalue weighted by Crippen LogP contribution is -2.46. The Kier molecular flexibility index (Phi) is 7.74. The van der Waals surface area contributed by atoms with E-state index in [0.717, 1.165) is 5.56 Å². The van der Waals surface area contributed by atoms with Crippen LogP contribution in [-0.4, -0.2) is 42.6 Å². The zero-order valence-electron chi connectivity index (χ0n) is 14.2. The smallest absolute Gasteiger partial charge is 0.326 e. The van der Waals surface area contributed by atoms with Gasteiger partial charge in [0.2, 0.25) is 11.8 Å². The van der Waals surface area contributed by atoms with Gasteiger partial charge in [-0.05, 0) is 30.0 Å². The van der Waals surface area contributed by atoms with Gasteiger partial charge in [0.25, 0.3) is 0 Å². The number of methoxy groups -OCH3 is 1. The molecule has 132 valence electrons. The molecular formula is C17H24N2O5. The van der Waals surface area contributed by atoms with Crippen LogP contribution in [0.2, 0.25) is 0 Å². The molecule has 7 nitrogen and oxygen atoms in total. The second kappa shape index (κ2) is 9.54. The summed E-state index contributed by atoms with van der Waals surface area (Å²) in [6.45, 7) is 3.49. The summed E-state index contributed by atoms with van der Waals surface area (Å²) in [6.07, 6.45) is 0.442. The molecule has 24 heavy (non-hydrogen) atoms. The lowest BCUT2D eigenvalue weighted by Gasteiger charge is -2.16. The van der Waals surface area contributed by atoms with Gasteiger partial charge in [-0.15, -0.1) is 0 Å². The number of nitrogens with one attached hydrogen (secondary N) is 2. The summed E-state index contributed by atoms with van der Waals surface area (Å²) >= 11 is 0. The normalized spacial score (nSPS) is 11.7. The van der Waals surface area contributed by atoms with Crippen LogP contribution in [0, 0.1) is 5.92 Å². The molecule has 0 bridgehead atoms. The zero-order valence-corrected chi connectivity index (χ0v) is 14.2. The first-order chi connectivity index (χ1) is 11.3. The van der Waals surface area contributed by atoms with Crippen molar-refractivity contribution in [3.63, 3.8) is 0 Å². The molecule has 0 aliphatic carbocycles. The third kappa shape index (κ3) is 7.13. The van der Waals surface area contributed by atoms with E-state index in [9.17, 15) is 14.4 Å². The van der Waals surface area contributed by atoms with E-state index < -0.39 is 17.9 Å². The summed E-state index contributed by atoms with van der Waals surface area (Å²) in [5, 5.41) is 14.0. The first kappa shape index (κ1) is 19.5. The van der Waals surface area contributed by atoms with E-state index >= 15 is 0 Å². The van der Waals surface area contributed by atoms with Gasteiger partial charge in [-0.2, -0.15) is 0 Å². The predicted octanol–water partition coefficient (Wildman–Crippen LogP) is 0.969. The Morgan fingerprint density at radius 1 is 1.21 bits per heavy atom. The topological polar surface area (TPSA) is 105 Å². The molecule has 1 aromatic carbocycles. The van der Waals surface area contributed by atoms with Crippen LogP contribution in [0.4, 0.5) is 0 Å². The number of carbonyl (C=O) groups is 3. The molecule has 0 saturated heterocycles. The molecule has 0 saturated carbocycles. The summed E-state index contributed by atoms with van der Waals surface area (Å²) in [4.78, 5) is 34.7. The first-order valence-electron chi connectivity index (χ1n) is 7.73. The fourth-order valence-electron chi connectivity index (χ4n) is 2.15. The number of benzene rings is 1. The van der Waals surface area contributed by atoms with Crippen molar-refractivity contribution in [3.8, 4) is 5.75 Å². The van der Waals surface area contributed by atoms with Crippen molar-refractivity contribution < 1.29 is 24.2 Å². The molecule has 0 aliphatic heterocycles. The molecule has 1 rings (SSSR count). The quantitative estimate of drug-likeness (QED) is 0.623. The number of amides is 2. The fourth-order valence-corrected chi connectivity index (χ4v) is 2.15. The maximum atomic E-state index is 11.9. The van der Waals surface area contributed by atoms with E-state index in [1.807, 2.05) is 13.8 Å². The standard InChI is InChI=1S/C17H24N2O5/c1-11(2)7-14(17(22)23)19-16(21)10-18-15(20)9-12-5-4-6-13(8-12)24-3/h4-6,8,11,14H,7,9-10H2,1-3H3,(H,18,20)(H,19,21)(H,22,23)/t14-/m0/s1. The largest absolute Gasteiger partial charge is 0.497 e. The van der Waals surface area contributed by atoms with Gasteiger partial charge < -0.3 is 20.5 Å². The van der Waals surface area contributed by atoms with Gasteiger partial charge in [-0.25, -0.2) is 4.79 Å². The van der Waals surface area contributed by atoms with Gasteiger partial charge in [-0.3, -0.25) is 9.59 Å². The number of aliphatic carboxylic acids is 1. The molecule has 0 aliphatic rings. The maximum absolute atomic E-state index is 11.9. The molecule has 3 N–H and O–H groups in total. The lowest BCUT2D eigenvalue weighted by atomic mass is 10.0. The fraction of sp³-hybridized carbons (Fsp3) is 0.471. The molecule has 1 aromatic rings. The number of carboxylic acids is 1. The predicted molar refractivity (Wildman–Crippen MR) is 88.7 cm³/mol. The molecule has 0 fully saturated rings. The minimum Gasteiger partial charge on any atom is -0.497 e. The summed E-state index contributed by atoms with van der Waals surface area (Å²) in [5.41, 5.74) is 0.760. The van der Waals surface area contributed by atoms with E-state index in [1.165, 1.54) is 0 Å². The van der Waals surface area contributed by atoms with Crippen molar-refractivity contribution in [3.05, 3.63) is 29.8 Å². The molecule has 0 heterocycles. The molecular weight excluding hydrogens is 312 g/mol. The van der Waals surface area contributed by atoms with Crippen LogP contribution in [0.15, 0.2) is 24.3 Å².